The number of aryl methyl sites for hydroxylation is 1. The molecule has 8 heteroatoms. The van der Waals surface area contributed by atoms with Gasteiger partial charge in [0.2, 0.25) is 11.7 Å². The van der Waals surface area contributed by atoms with Crippen LogP contribution in [-0.2, 0) is 6.42 Å². The summed E-state index contributed by atoms with van der Waals surface area (Å²) in [6.07, 6.45) is 1.88. The topological polar surface area (TPSA) is 102 Å². The molecule has 0 saturated carbocycles. The maximum absolute atomic E-state index is 9.05. The van der Waals surface area contributed by atoms with Gasteiger partial charge in [-0.05, 0) is 35.0 Å². The molecule has 104 valence electrons. The van der Waals surface area contributed by atoms with E-state index in [4.69, 9.17) is 14.3 Å². The lowest BCUT2D eigenvalue weighted by Gasteiger charge is -1.95. The summed E-state index contributed by atoms with van der Waals surface area (Å²) in [4.78, 5) is 8.45. The van der Waals surface area contributed by atoms with Gasteiger partial charge in [0.05, 0.1) is 6.42 Å². The van der Waals surface area contributed by atoms with E-state index in [1.54, 1.807) is 19.2 Å². The minimum absolute atomic E-state index is 0.234. The number of nitrogens with zero attached hydrogens (tertiary/aromatic N) is 5. The number of rotatable bonds is 3. The van der Waals surface area contributed by atoms with E-state index in [1.807, 2.05) is 12.1 Å². The van der Waals surface area contributed by atoms with Crippen LogP contribution in [0, 0.1) is 18.3 Å². The summed E-state index contributed by atoms with van der Waals surface area (Å²) in [5.74, 6) is 1.18. The molecule has 0 spiro atoms. The third-order valence-electron chi connectivity index (χ3n) is 2.80. The second-order valence-corrected chi connectivity index (χ2v) is 5.05. The number of nitriles is 1. The van der Waals surface area contributed by atoms with Crippen LogP contribution < -0.4 is 0 Å². The quantitative estimate of drug-likeness (QED) is 0.718. The van der Waals surface area contributed by atoms with Gasteiger partial charge >= 0.3 is 0 Å². The Hall–Kier alpha value is -2.53. The van der Waals surface area contributed by atoms with E-state index in [-0.39, 0.29) is 6.42 Å². The Morgan fingerprint density at radius 1 is 1.33 bits per heavy atom. The third kappa shape index (κ3) is 2.55. The fourth-order valence-corrected chi connectivity index (χ4v) is 2.23. The van der Waals surface area contributed by atoms with E-state index in [2.05, 4.69) is 36.2 Å². The highest BCUT2D eigenvalue weighted by Crippen LogP contribution is 2.23. The Morgan fingerprint density at radius 2 is 2.19 bits per heavy atom. The maximum atomic E-state index is 9.05. The van der Waals surface area contributed by atoms with E-state index < -0.39 is 0 Å². The molecule has 0 aliphatic heterocycles. The third-order valence-corrected chi connectivity index (χ3v) is 3.44. The van der Waals surface area contributed by atoms with Crippen LogP contribution in [0.3, 0.4) is 0 Å². The molecule has 3 rings (SSSR count). The van der Waals surface area contributed by atoms with Gasteiger partial charge in [-0.25, -0.2) is 0 Å². The molecule has 0 unspecified atom stereocenters. The van der Waals surface area contributed by atoms with Gasteiger partial charge in [-0.1, -0.05) is 10.3 Å². The Labute approximate surface area is 127 Å². The van der Waals surface area contributed by atoms with Crippen molar-refractivity contribution in [2.45, 2.75) is 13.3 Å². The van der Waals surface area contributed by atoms with Gasteiger partial charge in [0, 0.05) is 10.7 Å². The maximum Gasteiger partial charge on any atom is 0.233 e. The van der Waals surface area contributed by atoms with Crippen molar-refractivity contribution >= 4 is 15.9 Å². The summed E-state index contributed by atoms with van der Waals surface area (Å²) in [5.41, 5.74) is 1.46. The summed E-state index contributed by atoms with van der Waals surface area (Å²) in [5, 5.41) is 16.8. The molecule has 0 aromatic carbocycles. The second-order valence-electron chi connectivity index (χ2n) is 4.19. The predicted molar refractivity (Wildman–Crippen MR) is 74.0 cm³/mol. The van der Waals surface area contributed by atoms with Crippen LogP contribution in [0.2, 0.25) is 0 Å². The molecule has 0 N–H and O–H groups in total. The number of hydrogen-bond donors (Lipinski definition) is 0. The SMILES string of the molecule is Cc1onc(Cc2nc(-c3ncccc3Br)no2)c1C#N. The molecule has 3 heterocycles. The molecular weight excluding hydrogens is 338 g/mol. The molecule has 0 aliphatic rings. The molecule has 0 aliphatic carbocycles. The smallest absolute Gasteiger partial charge is 0.233 e. The van der Waals surface area contributed by atoms with Crippen molar-refractivity contribution in [1.82, 2.24) is 20.3 Å². The van der Waals surface area contributed by atoms with E-state index in [0.29, 0.717) is 34.4 Å². The minimum atomic E-state index is 0.234. The highest BCUT2D eigenvalue weighted by atomic mass is 79.9. The van der Waals surface area contributed by atoms with Crippen molar-refractivity contribution < 1.29 is 9.05 Å². The number of halogens is 1. The number of pyridine rings is 1. The second kappa shape index (κ2) is 5.46. The standard InChI is InChI=1S/C13H8BrN5O2/c1-7-8(6-15)10(18-20-7)5-11-17-13(19-21-11)12-9(14)3-2-4-16-12/h2-4H,5H2,1H3. The normalized spacial score (nSPS) is 10.5. The van der Waals surface area contributed by atoms with Crippen LogP contribution in [0.15, 0.2) is 31.8 Å². The monoisotopic (exact) mass is 345 g/mol. The van der Waals surface area contributed by atoms with E-state index >= 15 is 0 Å². The summed E-state index contributed by atoms with van der Waals surface area (Å²) in [6, 6.07) is 5.68. The summed E-state index contributed by atoms with van der Waals surface area (Å²) >= 11 is 3.38. The number of hydrogen-bond acceptors (Lipinski definition) is 7. The molecule has 0 bridgehead atoms. The molecule has 0 saturated heterocycles. The first-order valence-corrected chi connectivity index (χ1v) is 6.77. The number of aromatic nitrogens is 4. The van der Waals surface area contributed by atoms with E-state index in [1.165, 1.54) is 0 Å². The summed E-state index contributed by atoms with van der Waals surface area (Å²) < 4.78 is 10.9. The lowest BCUT2D eigenvalue weighted by atomic mass is 10.2. The molecule has 0 fully saturated rings. The van der Waals surface area contributed by atoms with Gasteiger partial charge in [0.1, 0.15) is 23.0 Å². The molecule has 21 heavy (non-hydrogen) atoms. The fraction of sp³-hybridized carbons (Fsp3) is 0.154. The van der Waals surface area contributed by atoms with Crippen LogP contribution in [0.1, 0.15) is 22.9 Å². The average Bonchev–Trinajstić information content (AvgIpc) is 3.07. The average molecular weight is 346 g/mol. The van der Waals surface area contributed by atoms with Crippen molar-refractivity contribution in [3.63, 3.8) is 0 Å². The minimum Gasteiger partial charge on any atom is -0.360 e. The van der Waals surface area contributed by atoms with Crippen LogP contribution >= 0.6 is 15.9 Å². The summed E-state index contributed by atoms with van der Waals surface area (Å²) in [7, 11) is 0. The van der Waals surface area contributed by atoms with Crippen LogP contribution in [0.5, 0.6) is 0 Å². The van der Waals surface area contributed by atoms with Gasteiger partial charge in [-0.2, -0.15) is 10.2 Å². The van der Waals surface area contributed by atoms with E-state index in [9.17, 15) is 0 Å². The van der Waals surface area contributed by atoms with Gasteiger partial charge in [0.25, 0.3) is 0 Å². The van der Waals surface area contributed by atoms with Crippen molar-refractivity contribution in [2.75, 3.05) is 0 Å². The lowest BCUT2D eigenvalue weighted by molar-refractivity contribution is 0.371. The Morgan fingerprint density at radius 3 is 2.95 bits per heavy atom. The molecule has 3 aromatic rings. The first kappa shape index (κ1) is 13.5. The van der Waals surface area contributed by atoms with Crippen LogP contribution in [0.4, 0.5) is 0 Å². The molecule has 7 nitrogen and oxygen atoms in total. The molecule has 0 radical (unpaired) electrons. The van der Waals surface area contributed by atoms with Gasteiger partial charge < -0.3 is 9.05 Å². The van der Waals surface area contributed by atoms with Gasteiger partial charge in [-0.15, -0.1) is 0 Å². The molecule has 0 atom stereocenters. The van der Waals surface area contributed by atoms with Crippen LogP contribution in [0.25, 0.3) is 11.5 Å². The zero-order chi connectivity index (χ0) is 14.8. The highest BCUT2D eigenvalue weighted by molar-refractivity contribution is 9.10. The Bertz CT molecular complexity index is 833. The zero-order valence-electron chi connectivity index (χ0n) is 10.9. The van der Waals surface area contributed by atoms with Gasteiger partial charge in [0.15, 0.2) is 5.76 Å². The fourth-order valence-electron chi connectivity index (χ4n) is 1.80. The Balaban J connectivity index is 1.89. The largest absolute Gasteiger partial charge is 0.360 e. The predicted octanol–water partition coefficient (Wildman–Crippen LogP) is 2.65. The highest BCUT2D eigenvalue weighted by Gasteiger charge is 2.18. The van der Waals surface area contributed by atoms with Crippen molar-refractivity contribution in [3.8, 4) is 17.6 Å². The van der Waals surface area contributed by atoms with Crippen molar-refractivity contribution in [1.29, 1.82) is 5.26 Å². The lowest BCUT2D eigenvalue weighted by Crippen LogP contribution is -1.93. The first-order chi connectivity index (χ1) is 10.2. The van der Waals surface area contributed by atoms with Crippen LogP contribution in [-0.4, -0.2) is 20.3 Å². The van der Waals surface area contributed by atoms with Crippen molar-refractivity contribution in [3.05, 3.63) is 45.7 Å². The van der Waals surface area contributed by atoms with Gasteiger partial charge in [-0.3, -0.25) is 4.98 Å². The molecule has 0 amide bonds. The molecular formula is C13H8BrN5O2. The molecule has 3 aromatic heterocycles. The van der Waals surface area contributed by atoms with Crippen molar-refractivity contribution in [2.24, 2.45) is 0 Å². The Kier molecular flexibility index (Phi) is 3.50. The summed E-state index contributed by atoms with van der Waals surface area (Å²) in [6.45, 7) is 1.68. The van der Waals surface area contributed by atoms with E-state index in [0.717, 1.165) is 4.47 Å². The first-order valence-electron chi connectivity index (χ1n) is 5.97. The zero-order valence-corrected chi connectivity index (χ0v) is 12.5.